The van der Waals surface area contributed by atoms with E-state index in [9.17, 15) is 13.2 Å². The van der Waals surface area contributed by atoms with E-state index in [1.54, 1.807) is 38.1 Å². The highest BCUT2D eigenvalue weighted by Crippen LogP contribution is 2.26. The quantitative estimate of drug-likeness (QED) is 0.480. The highest BCUT2D eigenvalue weighted by Gasteiger charge is 2.48. The molecule has 0 radical (unpaired) electrons. The van der Waals surface area contributed by atoms with Crippen LogP contribution in [0.15, 0.2) is 29.2 Å². The third kappa shape index (κ3) is 6.63. The van der Waals surface area contributed by atoms with Gasteiger partial charge >= 0.3 is 15.9 Å². The van der Waals surface area contributed by atoms with E-state index in [1.807, 2.05) is 6.92 Å². The van der Waals surface area contributed by atoms with Gasteiger partial charge in [0.1, 0.15) is 10.7 Å². The Balaban J connectivity index is 0.000000597. The molecule has 0 N–H and O–H groups in total. The van der Waals surface area contributed by atoms with Crippen LogP contribution in [-0.2, 0) is 19.6 Å². The first kappa shape index (κ1) is 22.5. The number of aryl methyl sites for hydroxylation is 1. The molecular weight excluding hydrogens is 390 g/mol. The van der Waals surface area contributed by atoms with Crippen molar-refractivity contribution < 1.29 is 50.8 Å². The topological polar surface area (TPSA) is 156 Å². The minimum Gasteiger partial charge on any atom is -0.434 e. The number of carbonyl (C=O) groups excluding carboxylic acids is 1. The summed E-state index contributed by atoms with van der Waals surface area (Å²) in [5, 5.41) is 0. The van der Waals surface area contributed by atoms with Crippen molar-refractivity contribution in [3.63, 3.8) is 0 Å². The molecule has 146 valence electrons. The van der Waals surface area contributed by atoms with Crippen LogP contribution in [-0.4, -0.2) is 36.2 Å². The number of halogens is 1. The number of Topliss-reactive ketones (excluding diaryl/α,β-unsaturated/α-hetero) is 1. The molecule has 1 unspecified atom stereocenters. The molecule has 0 amide bonds. The lowest BCUT2D eigenvalue weighted by Gasteiger charge is -2.17. The van der Waals surface area contributed by atoms with Gasteiger partial charge in [-0.15, -0.1) is 10.2 Å². The Bertz CT molecular complexity index is 792. The van der Waals surface area contributed by atoms with Gasteiger partial charge in [0.25, 0.3) is 0 Å². The summed E-state index contributed by atoms with van der Waals surface area (Å²) in [5.41, 5.74) is 0.196. The number of ether oxygens (including phenoxy) is 1. The van der Waals surface area contributed by atoms with Gasteiger partial charge in [-0.2, -0.15) is 8.42 Å². The van der Waals surface area contributed by atoms with E-state index in [0.29, 0.717) is 5.90 Å². The van der Waals surface area contributed by atoms with Crippen LogP contribution in [0.25, 0.3) is 0 Å². The number of hydrogen-bond donors (Lipinski definition) is 0. The molecule has 1 aromatic rings. The average molecular weight is 410 g/mol. The summed E-state index contributed by atoms with van der Waals surface area (Å²) in [6.07, 6.45) is 0.185. The zero-order chi connectivity index (χ0) is 20.3. The second-order valence-corrected chi connectivity index (χ2v) is 8.77. The van der Waals surface area contributed by atoms with Gasteiger partial charge in [0.15, 0.2) is 5.60 Å². The predicted molar refractivity (Wildman–Crippen MR) is 79.0 cm³/mol. The molecule has 0 aliphatic carbocycles. The van der Waals surface area contributed by atoms with E-state index in [4.69, 9.17) is 23.4 Å². The zero-order valence-corrected chi connectivity index (χ0v) is 16.3. The van der Waals surface area contributed by atoms with E-state index in [-0.39, 0.29) is 23.6 Å². The van der Waals surface area contributed by atoms with Gasteiger partial charge in [-0.3, -0.25) is 4.79 Å². The highest BCUT2D eigenvalue weighted by molar-refractivity contribution is 7.85. The molecule has 0 bridgehead atoms. The van der Waals surface area contributed by atoms with Crippen LogP contribution < -0.4 is 18.6 Å². The molecule has 1 aliphatic heterocycles. The predicted octanol–water partition coefficient (Wildman–Crippen LogP) is -2.87. The Morgan fingerprint density at radius 2 is 1.65 bits per heavy atom. The van der Waals surface area contributed by atoms with Crippen molar-refractivity contribution in [3.05, 3.63) is 29.8 Å². The lowest BCUT2D eigenvalue weighted by molar-refractivity contribution is -2.00. The summed E-state index contributed by atoms with van der Waals surface area (Å²) >= 11 is 0. The van der Waals surface area contributed by atoms with E-state index >= 15 is 0 Å². The maximum atomic E-state index is 12.7. The van der Waals surface area contributed by atoms with Crippen LogP contribution in [0, 0.1) is 17.2 Å². The fourth-order valence-corrected chi connectivity index (χ4v) is 4.12. The number of nitrogens with zero attached hydrogens (tertiary/aromatic N) is 1. The number of carbonyl (C=O) groups is 1. The van der Waals surface area contributed by atoms with E-state index in [1.165, 1.54) is 10.9 Å². The average Bonchev–Trinajstić information content (AvgIpc) is 2.72. The second-order valence-electron chi connectivity index (χ2n) is 6.15. The molecule has 26 heavy (non-hydrogen) atoms. The molecule has 0 saturated heterocycles. The van der Waals surface area contributed by atoms with E-state index in [2.05, 4.69) is 0 Å². The number of hydrogen-bond acceptors (Lipinski definition) is 8. The number of ketones is 1. The van der Waals surface area contributed by atoms with Crippen LogP contribution in [0.1, 0.15) is 32.8 Å². The lowest BCUT2D eigenvalue weighted by atomic mass is 10.0. The Labute approximate surface area is 153 Å². The summed E-state index contributed by atoms with van der Waals surface area (Å²) in [4.78, 5) is 11.5. The normalized spacial score (nSPS) is 20.3. The summed E-state index contributed by atoms with van der Waals surface area (Å²) < 4.78 is 66.2. The number of rotatable bonds is 4. The van der Waals surface area contributed by atoms with Gasteiger partial charge in [-0.25, -0.2) is 18.6 Å². The molecule has 0 fully saturated rings. The molecule has 1 aliphatic rings. The van der Waals surface area contributed by atoms with E-state index in [0.717, 1.165) is 5.56 Å². The lowest BCUT2D eigenvalue weighted by Crippen LogP contribution is -2.68. The van der Waals surface area contributed by atoms with Gasteiger partial charge in [0, 0.05) is 0 Å². The Morgan fingerprint density at radius 3 is 2.08 bits per heavy atom. The van der Waals surface area contributed by atoms with Crippen molar-refractivity contribution in [1.29, 1.82) is 0 Å². The van der Waals surface area contributed by atoms with Crippen molar-refractivity contribution in [2.75, 3.05) is 6.54 Å². The second kappa shape index (κ2) is 7.99. The van der Waals surface area contributed by atoms with Crippen molar-refractivity contribution in [2.45, 2.75) is 44.6 Å². The highest BCUT2D eigenvalue weighted by atomic mass is 35.7. The summed E-state index contributed by atoms with van der Waals surface area (Å²) in [7, 11) is -8.60. The van der Waals surface area contributed by atoms with Gasteiger partial charge < -0.3 is 4.74 Å². The third-order valence-electron chi connectivity index (χ3n) is 3.46. The zero-order valence-electron chi connectivity index (χ0n) is 14.7. The Hall–Kier alpha value is -1.56. The first-order valence-electron chi connectivity index (χ1n) is 7.37. The van der Waals surface area contributed by atoms with Gasteiger partial charge in [0.05, 0.1) is 13.3 Å². The molecule has 9 nitrogen and oxygen atoms in total. The van der Waals surface area contributed by atoms with Crippen LogP contribution >= 0.6 is 0 Å². The minimum atomic E-state index is -4.94. The van der Waals surface area contributed by atoms with Crippen LogP contribution in [0.5, 0.6) is 0 Å². The maximum Gasteiger partial charge on any atom is 0.397 e. The summed E-state index contributed by atoms with van der Waals surface area (Å²) in [5.74, 6) is 0.277. The van der Waals surface area contributed by atoms with Crippen molar-refractivity contribution >= 4 is 21.7 Å². The minimum absolute atomic E-state index is 0.0279. The molecule has 2 rings (SSSR count). The van der Waals surface area contributed by atoms with Crippen molar-refractivity contribution in [3.8, 4) is 0 Å². The molecule has 0 spiro atoms. The van der Waals surface area contributed by atoms with Crippen molar-refractivity contribution in [2.24, 2.45) is 0 Å². The monoisotopic (exact) mass is 409 g/mol. The Kier molecular flexibility index (Phi) is 6.91. The van der Waals surface area contributed by atoms with Crippen molar-refractivity contribution in [1.82, 2.24) is 0 Å². The SMILES string of the molecule is CC(=O)CC1(C)C[N+](S(=O)(=O)c2ccc(C)cc2)=C(C)O1.[O-][Cl+3]([O-])([O-])[O-]. The van der Waals surface area contributed by atoms with Gasteiger partial charge in [0.2, 0.25) is 6.54 Å². The smallest absolute Gasteiger partial charge is 0.397 e. The summed E-state index contributed by atoms with van der Waals surface area (Å²) in [6, 6.07) is 6.68. The standard InChI is InChI=1S/C15H20NO4S.ClHO4/c1-11-5-7-14(8-6-11)21(18,19)16-10-15(4,9-12(2)17)20-13(16)3;2-1(3,4)5/h5-8H,9-10H2,1-4H3;(H,2,3,4,5)/q+1;/p-1. The number of sulfonamides is 1. The number of benzene rings is 1. The molecule has 0 aromatic heterocycles. The van der Waals surface area contributed by atoms with E-state index < -0.39 is 25.9 Å². The first-order valence-corrected chi connectivity index (χ1v) is 10.0. The largest absolute Gasteiger partial charge is 0.434 e. The molecule has 11 heteroatoms. The van der Waals surface area contributed by atoms with Gasteiger partial charge in [-0.1, -0.05) is 21.7 Å². The van der Waals surface area contributed by atoms with Crippen LogP contribution in [0.4, 0.5) is 0 Å². The van der Waals surface area contributed by atoms with Crippen LogP contribution in [0.3, 0.4) is 0 Å². The van der Waals surface area contributed by atoms with Gasteiger partial charge in [-0.05, 0) is 32.9 Å². The third-order valence-corrected chi connectivity index (χ3v) is 5.29. The molecule has 1 heterocycles. The summed E-state index contributed by atoms with van der Waals surface area (Å²) in [6.45, 7) is 6.88. The molecular formula is C15H20ClNO8S. The first-order chi connectivity index (χ1) is 11.6. The van der Waals surface area contributed by atoms with Crippen LogP contribution in [0.2, 0.25) is 0 Å². The maximum absolute atomic E-state index is 12.7. The molecule has 0 saturated carbocycles. The molecule has 1 atom stereocenters. The molecule has 1 aromatic carbocycles. The fourth-order valence-electron chi connectivity index (χ4n) is 2.57. The Morgan fingerprint density at radius 1 is 1.19 bits per heavy atom. The fraction of sp³-hybridized carbons (Fsp3) is 0.467.